The van der Waals surface area contributed by atoms with E-state index >= 15 is 0 Å². The van der Waals surface area contributed by atoms with Gasteiger partial charge in [-0.25, -0.2) is 0 Å². The first-order valence-corrected chi connectivity index (χ1v) is 6.94. The van der Waals surface area contributed by atoms with Crippen molar-refractivity contribution in [2.24, 2.45) is 0 Å². The van der Waals surface area contributed by atoms with Gasteiger partial charge in [-0.15, -0.1) is 11.8 Å². The van der Waals surface area contributed by atoms with Crippen molar-refractivity contribution >= 4 is 11.8 Å². The summed E-state index contributed by atoms with van der Waals surface area (Å²) in [4.78, 5) is 1.24. The third kappa shape index (κ3) is 3.40. The van der Waals surface area contributed by atoms with Crippen LogP contribution in [0.2, 0.25) is 0 Å². The second-order valence-electron chi connectivity index (χ2n) is 4.31. The van der Waals surface area contributed by atoms with E-state index in [1.807, 2.05) is 30.0 Å². The first kappa shape index (κ1) is 13.2. The number of hydrogen-bond donors (Lipinski definition) is 1. The van der Waals surface area contributed by atoms with E-state index in [1.54, 1.807) is 14.0 Å². The monoisotopic (exact) mass is 262 g/mol. The van der Waals surface area contributed by atoms with Crippen molar-refractivity contribution in [2.45, 2.75) is 29.6 Å². The average molecular weight is 262 g/mol. The van der Waals surface area contributed by atoms with Gasteiger partial charge in [0.15, 0.2) is 0 Å². The number of benzene rings is 1. The molecule has 0 heterocycles. The maximum absolute atomic E-state index is 9.47. The molecule has 0 fully saturated rings. The zero-order valence-corrected chi connectivity index (χ0v) is 11.5. The standard InChI is InChI=1S/C15H18O2S/c1-11(16)12-3-7-14(8-4-12)18-15-9-5-13(17-2)6-10-15/h3-7,9-11,14,16H,8H2,1-2H3/t11-,14?/m1/s1. The number of hydrogen-bond acceptors (Lipinski definition) is 3. The molecule has 0 saturated heterocycles. The summed E-state index contributed by atoms with van der Waals surface area (Å²) >= 11 is 1.83. The van der Waals surface area contributed by atoms with E-state index in [0.717, 1.165) is 17.7 Å². The molecule has 2 rings (SSSR count). The molecule has 2 atom stereocenters. The predicted molar refractivity (Wildman–Crippen MR) is 76.2 cm³/mol. The molecule has 0 aromatic heterocycles. The zero-order chi connectivity index (χ0) is 13.0. The third-order valence-corrected chi connectivity index (χ3v) is 4.12. The molecule has 1 aliphatic rings. The van der Waals surface area contributed by atoms with Gasteiger partial charge < -0.3 is 9.84 Å². The smallest absolute Gasteiger partial charge is 0.118 e. The van der Waals surface area contributed by atoms with E-state index < -0.39 is 0 Å². The molecule has 0 bridgehead atoms. The zero-order valence-electron chi connectivity index (χ0n) is 10.7. The summed E-state index contributed by atoms with van der Waals surface area (Å²) in [5.41, 5.74) is 1.02. The van der Waals surface area contributed by atoms with Gasteiger partial charge in [0.25, 0.3) is 0 Å². The van der Waals surface area contributed by atoms with Crippen LogP contribution < -0.4 is 4.74 Å². The second-order valence-corrected chi connectivity index (χ2v) is 5.62. The molecule has 1 unspecified atom stereocenters. The van der Waals surface area contributed by atoms with Crippen molar-refractivity contribution < 1.29 is 9.84 Å². The summed E-state index contributed by atoms with van der Waals surface area (Å²) in [6.07, 6.45) is 6.90. The summed E-state index contributed by atoms with van der Waals surface area (Å²) in [6, 6.07) is 8.11. The van der Waals surface area contributed by atoms with Gasteiger partial charge in [-0.1, -0.05) is 18.2 Å². The second kappa shape index (κ2) is 6.12. The maximum Gasteiger partial charge on any atom is 0.118 e. The average Bonchev–Trinajstić information content (AvgIpc) is 2.40. The molecular weight excluding hydrogens is 244 g/mol. The minimum Gasteiger partial charge on any atom is -0.497 e. The number of thioether (sulfide) groups is 1. The number of allylic oxidation sites excluding steroid dienone is 1. The lowest BCUT2D eigenvalue weighted by Gasteiger charge is -2.17. The summed E-state index contributed by atoms with van der Waals surface area (Å²) in [5.74, 6) is 0.884. The van der Waals surface area contributed by atoms with Crippen molar-refractivity contribution in [3.63, 3.8) is 0 Å². The minimum atomic E-state index is -0.367. The molecule has 0 radical (unpaired) electrons. The number of rotatable bonds is 4. The van der Waals surface area contributed by atoms with Crippen molar-refractivity contribution in [3.8, 4) is 5.75 Å². The molecule has 1 aliphatic carbocycles. The van der Waals surface area contributed by atoms with E-state index in [-0.39, 0.29) is 6.10 Å². The molecule has 0 aliphatic heterocycles. The number of methoxy groups -OCH3 is 1. The Hall–Kier alpha value is -1.19. The lowest BCUT2D eigenvalue weighted by molar-refractivity contribution is 0.234. The van der Waals surface area contributed by atoms with Gasteiger partial charge in [0.05, 0.1) is 13.2 Å². The first-order chi connectivity index (χ1) is 8.69. The SMILES string of the molecule is COc1ccc(SC2C=CC([C@@H](C)O)=CC2)cc1. The van der Waals surface area contributed by atoms with E-state index in [2.05, 4.69) is 24.3 Å². The van der Waals surface area contributed by atoms with E-state index in [4.69, 9.17) is 4.74 Å². The summed E-state index contributed by atoms with van der Waals surface area (Å²) in [7, 11) is 1.68. The van der Waals surface area contributed by atoms with Crippen LogP contribution in [0.4, 0.5) is 0 Å². The van der Waals surface area contributed by atoms with Crippen LogP contribution in [0.1, 0.15) is 13.3 Å². The number of ether oxygens (including phenoxy) is 1. The van der Waals surface area contributed by atoms with Crippen molar-refractivity contribution in [1.82, 2.24) is 0 Å². The van der Waals surface area contributed by atoms with Crippen LogP contribution in [0.15, 0.2) is 53.0 Å². The quantitative estimate of drug-likeness (QED) is 0.901. The Labute approximate surface area is 112 Å². The molecule has 3 heteroatoms. The van der Waals surface area contributed by atoms with Crippen LogP contribution >= 0.6 is 11.8 Å². The maximum atomic E-state index is 9.47. The fourth-order valence-corrected chi connectivity index (χ4v) is 2.84. The Morgan fingerprint density at radius 3 is 2.56 bits per heavy atom. The Morgan fingerprint density at radius 1 is 1.33 bits per heavy atom. The lowest BCUT2D eigenvalue weighted by atomic mass is 10.0. The van der Waals surface area contributed by atoms with Gasteiger partial charge in [0.1, 0.15) is 5.75 Å². The molecule has 0 saturated carbocycles. The van der Waals surface area contributed by atoms with Crippen LogP contribution in [0.3, 0.4) is 0 Å². The minimum absolute atomic E-state index is 0.367. The summed E-state index contributed by atoms with van der Waals surface area (Å²) < 4.78 is 5.14. The number of aliphatic hydroxyl groups is 1. The highest BCUT2D eigenvalue weighted by molar-refractivity contribution is 8.00. The van der Waals surface area contributed by atoms with Gasteiger partial charge in [-0.2, -0.15) is 0 Å². The largest absolute Gasteiger partial charge is 0.497 e. The molecule has 1 aromatic rings. The van der Waals surface area contributed by atoms with Crippen molar-refractivity contribution in [3.05, 3.63) is 48.1 Å². The normalized spacial score (nSPS) is 20.4. The van der Waals surface area contributed by atoms with E-state index in [1.165, 1.54) is 4.90 Å². The Bertz CT molecular complexity index is 446. The van der Waals surface area contributed by atoms with Crippen LogP contribution in [0, 0.1) is 0 Å². The van der Waals surface area contributed by atoms with Gasteiger partial charge in [0, 0.05) is 10.1 Å². The molecule has 0 amide bonds. The van der Waals surface area contributed by atoms with Gasteiger partial charge in [-0.3, -0.25) is 0 Å². The molecule has 0 spiro atoms. The Balaban J connectivity index is 1.94. The summed E-state index contributed by atoms with van der Waals surface area (Å²) in [5, 5.41) is 9.92. The summed E-state index contributed by atoms with van der Waals surface area (Å²) in [6.45, 7) is 1.80. The van der Waals surface area contributed by atoms with E-state index in [9.17, 15) is 5.11 Å². The van der Waals surface area contributed by atoms with Gasteiger partial charge in [0.2, 0.25) is 0 Å². The molecule has 2 nitrogen and oxygen atoms in total. The molecule has 18 heavy (non-hydrogen) atoms. The van der Waals surface area contributed by atoms with Crippen molar-refractivity contribution in [1.29, 1.82) is 0 Å². The molecular formula is C15H18O2S. The first-order valence-electron chi connectivity index (χ1n) is 6.06. The molecule has 1 N–H and O–H groups in total. The van der Waals surface area contributed by atoms with Crippen LogP contribution in [-0.4, -0.2) is 23.6 Å². The van der Waals surface area contributed by atoms with Crippen LogP contribution in [0.25, 0.3) is 0 Å². The highest BCUT2D eigenvalue weighted by Crippen LogP contribution is 2.30. The van der Waals surface area contributed by atoms with Crippen molar-refractivity contribution in [2.75, 3.05) is 7.11 Å². The fraction of sp³-hybridized carbons (Fsp3) is 0.333. The van der Waals surface area contributed by atoms with Gasteiger partial charge in [-0.05, 0) is 43.2 Å². The Kier molecular flexibility index (Phi) is 4.50. The Morgan fingerprint density at radius 2 is 2.06 bits per heavy atom. The highest BCUT2D eigenvalue weighted by Gasteiger charge is 2.12. The fourth-order valence-electron chi connectivity index (χ4n) is 1.84. The van der Waals surface area contributed by atoms with Crippen LogP contribution in [-0.2, 0) is 0 Å². The van der Waals surface area contributed by atoms with E-state index in [0.29, 0.717) is 5.25 Å². The van der Waals surface area contributed by atoms with Crippen LogP contribution in [0.5, 0.6) is 5.75 Å². The number of aliphatic hydroxyl groups excluding tert-OH is 1. The third-order valence-electron chi connectivity index (χ3n) is 2.92. The predicted octanol–water partition coefficient (Wildman–Crippen LogP) is 3.42. The molecule has 1 aromatic carbocycles. The highest BCUT2D eigenvalue weighted by atomic mass is 32.2. The topological polar surface area (TPSA) is 29.5 Å². The van der Waals surface area contributed by atoms with Gasteiger partial charge >= 0.3 is 0 Å². The molecule has 96 valence electrons. The lowest BCUT2D eigenvalue weighted by Crippen LogP contribution is -2.08.